The largest absolute Gasteiger partial charge is 0.346 e. The van der Waals surface area contributed by atoms with Gasteiger partial charge in [-0.25, -0.2) is 0 Å². The highest BCUT2D eigenvalue weighted by Gasteiger charge is 2.33. The minimum absolute atomic E-state index is 0.0150. The van der Waals surface area contributed by atoms with Gasteiger partial charge in [0.05, 0.1) is 13.1 Å². The Bertz CT molecular complexity index is 590. The van der Waals surface area contributed by atoms with Crippen molar-refractivity contribution in [2.24, 2.45) is 11.1 Å². The zero-order valence-corrected chi connectivity index (χ0v) is 14.6. The van der Waals surface area contributed by atoms with Gasteiger partial charge >= 0.3 is 0 Å². The van der Waals surface area contributed by atoms with Crippen LogP contribution in [0, 0.1) is 5.41 Å². The topological polar surface area (TPSA) is 87.5 Å². The van der Waals surface area contributed by atoms with Crippen molar-refractivity contribution in [3.05, 3.63) is 29.8 Å². The number of hydrogen-bond donors (Lipinski definition) is 3. The fourth-order valence-electron chi connectivity index (χ4n) is 3.01. The molecule has 1 saturated heterocycles. The van der Waals surface area contributed by atoms with Gasteiger partial charge in [-0.15, -0.1) is 0 Å². The minimum atomic E-state index is -0.211. The van der Waals surface area contributed by atoms with E-state index in [9.17, 15) is 9.59 Å². The molecule has 0 aromatic heterocycles. The van der Waals surface area contributed by atoms with Crippen LogP contribution in [-0.4, -0.2) is 49.4 Å². The number of hydrogen-bond acceptors (Lipinski definition) is 4. The van der Waals surface area contributed by atoms with Crippen LogP contribution >= 0.6 is 0 Å². The van der Waals surface area contributed by atoms with E-state index in [2.05, 4.69) is 22.5 Å². The highest BCUT2D eigenvalue weighted by molar-refractivity contribution is 5.95. The second-order valence-electron chi connectivity index (χ2n) is 6.81. The maximum atomic E-state index is 12.0. The van der Waals surface area contributed by atoms with E-state index in [1.54, 1.807) is 0 Å². The third kappa shape index (κ3) is 5.04. The molecule has 0 radical (unpaired) electrons. The first-order valence-electron chi connectivity index (χ1n) is 8.52. The number of anilines is 1. The minimum Gasteiger partial charge on any atom is -0.346 e. The lowest BCUT2D eigenvalue weighted by Crippen LogP contribution is -2.41. The average Bonchev–Trinajstić information content (AvgIpc) is 2.95. The fourth-order valence-corrected chi connectivity index (χ4v) is 3.01. The van der Waals surface area contributed by atoms with Gasteiger partial charge in [-0.05, 0) is 43.0 Å². The molecule has 4 N–H and O–H groups in total. The predicted molar refractivity (Wildman–Crippen MR) is 95.7 cm³/mol. The molecular formula is C18H28N4O2. The van der Waals surface area contributed by atoms with Gasteiger partial charge in [-0.3, -0.25) is 14.5 Å². The van der Waals surface area contributed by atoms with Gasteiger partial charge in [0.25, 0.3) is 0 Å². The van der Waals surface area contributed by atoms with Crippen molar-refractivity contribution < 1.29 is 9.59 Å². The highest BCUT2D eigenvalue weighted by Crippen LogP contribution is 2.27. The Labute approximate surface area is 143 Å². The molecule has 132 valence electrons. The Hall–Kier alpha value is -1.92. The lowest BCUT2D eigenvalue weighted by molar-refractivity contribution is -0.124. The summed E-state index contributed by atoms with van der Waals surface area (Å²) in [5.74, 6) is -0.340. The lowest BCUT2D eigenvalue weighted by atomic mass is 9.90. The van der Waals surface area contributed by atoms with Gasteiger partial charge in [0.2, 0.25) is 11.8 Å². The number of likely N-dealkylation sites (tertiary alicyclic amines) is 1. The van der Waals surface area contributed by atoms with Crippen LogP contribution in [0.1, 0.15) is 25.8 Å². The molecule has 2 amide bonds. The first-order valence-corrected chi connectivity index (χ1v) is 8.52. The van der Waals surface area contributed by atoms with E-state index in [0.717, 1.165) is 37.2 Å². The number of nitrogens with one attached hydrogen (secondary N) is 2. The van der Waals surface area contributed by atoms with E-state index in [0.29, 0.717) is 13.1 Å². The van der Waals surface area contributed by atoms with Crippen molar-refractivity contribution >= 4 is 17.5 Å². The van der Waals surface area contributed by atoms with Crippen molar-refractivity contribution in [1.29, 1.82) is 0 Å². The fraction of sp³-hybridized carbons (Fsp3) is 0.556. The van der Waals surface area contributed by atoms with Gasteiger partial charge in [0, 0.05) is 12.2 Å². The van der Waals surface area contributed by atoms with E-state index < -0.39 is 0 Å². The van der Waals surface area contributed by atoms with Crippen LogP contribution in [0.2, 0.25) is 0 Å². The van der Waals surface area contributed by atoms with Crippen molar-refractivity contribution in [2.75, 3.05) is 38.0 Å². The van der Waals surface area contributed by atoms with Crippen LogP contribution in [0.4, 0.5) is 5.69 Å². The third-order valence-corrected chi connectivity index (χ3v) is 4.62. The van der Waals surface area contributed by atoms with Crippen LogP contribution in [-0.2, 0) is 16.0 Å². The molecule has 1 aromatic carbocycles. The number of amides is 2. The number of carbonyl (C=O) groups is 2. The molecule has 24 heavy (non-hydrogen) atoms. The summed E-state index contributed by atoms with van der Waals surface area (Å²) in [6.45, 7) is 6.81. The molecule has 1 heterocycles. The van der Waals surface area contributed by atoms with Gasteiger partial charge < -0.3 is 16.4 Å². The normalized spacial score (nSPS) is 20.8. The van der Waals surface area contributed by atoms with E-state index in [1.807, 2.05) is 31.2 Å². The summed E-state index contributed by atoms with van der Waals surface area (Å²) in [4.78, 5) is 26.1. The summed E-state index contributed by atoms with van der Waals surface area (Å²) in [6, 6.07) is 7.68. The number of carbonyl (C=O) groups excluding carboxylic acids is 2. The quantitative estimate of drug-likeness (QED) is 0.694. The van der Waals surface area contributed by atoms with Crippen LogP contribution in [0.5, 0.6) is 0 Å². The number of aryl methyl sites for hydroxylation is 1. The Balaban J connectivity index is 1.75. The number of benzene rings is 1. The molecule has 0 aliphatic carbocycles. The second-order valence-corrected chi connectivity index (χ2v) is 6.81. The molecule has 1 aliphatic heterocycles. The van der Waals surface area contributed by atoms with E-state index in [1.165, 1.54) is 0 Å². The summed E-state index contributed by atoms with van der Waals surface area (Å²) >= 11 is 0. The Morgan fingerprint density at radius 1 is 1.29 bits per heavy atom. The number of para-hydroxylation sites is 1. The standard InChI is InChI=1S/C18H28N4O2/c1-3-14-6-4-5-7-15(14)21-16(23)10-20-17(24)11-22-9-8-18(2,12-19)13-22/h4-7H,3,8-13,19H2,1-2H3,(H,20,24)(H,21,23). The third-order valence-electron chi connectivity index (χ3n) is 4.62. The van der Waals surface area contributed by atoms with Gasteiger partial charge in [-0.2, -0.15) is 0 Å². The molecule has 1 aromatic rings. The van der Waals surface area contributed by atoms with E-state index in [4.69, 9.17) is 5.73 Å². The van der Waals surface area contributed by atoms with Gasteiger partial charge in [-0.1, -0.05) is 32.0 Å². The molecule has 0 spiro atoms. The highest BCUT2D eigenvalue weighted by atomic mass is 16.2. The first kappa shape index (κ1) is 18.4. The summed E-state index contributed by atoms with van der Waals surface area (Å²) in [5.41, 5.74) is 7.76. The number of nitrogens with two attached hydrogens (primary N) is 1. The first-order chi connectivity index (χ1) is 11.5. The Morgan fingerprint density at radius 3 is 2.71 bits per heavy atom. The van der Waals surface area contributed by atoms with Gasteiger partial charge in [0.1, 0.15) is 0 Å². The maximum absolute atomic E-state index is 12.0. The lowest BCUT2D eigenvalue weighted by Gasteiger charge is -2.22. The second kappa shape index (κ2) is 8.26. The summed E-state index contributed by atoms with van der Waals surface area (Å²) in [5, 5.41) is 5.54. The monoisotopic (exact) mass is 332 g/mol. The van der Waals surface area contributed by atoms with Crippen LogP contribution in [0.25, 0.3) is 0 Å². The zero-order valence-electron chi connectivity index (χ0n) is 14.6. The molecule has 0 bridgehead atoms. The predicted octanol–water partition coefficient (Wildman–Crippen LogP) is 0.974. The molecule has 0 saturated carbocycles. The van der Waals surface area contributed by atoms with Crippen molar-refractivity contribution in [2.45, 2.75) is 26.7 Å². The molecule has 1 fully saturated rings. The molecule has 6 heteroatoms. The number of nitrogens with zero attached hydrogens (tertiary/aromatic N) is 1. The van der Waals surface area contributed by atoms with Crippen LogP contribution in [0.3, 0.4) is 0 Å². The van der Waals surface area contributed by atoms with E-state index in [-0.39, 0.29) is 23.8 Å². The summed E-state index contributed by atoms with van der Waals surface area (Å²) in [6.07, 6.45) is 1.85. The number of rotatable bonds is 7. The summed E-state index contributed by atoms with van der Waals surface area (Å²) in [7, 11) is 0. The molecule has 2 rings (SSSR count). The zero-order chi connectivity index (χ0) is 17.6. The van der Waals surface area contributed by atoms with E-state index >= 15 is 0 Å². The average molecular weight is 332 g/mol. The van der Waals surface area contributed by atoms with Gasteiger partial charge in [0.15, 0.2) is 0 Å². The SMILES string of the molecule is CCc1ccccc1NC(=O)CNC(=O)CN1CCC(C)(CN)C1. The smallest absolute Gasteiger partial charge is 0.243 e. The molecule has 1 aliphatic rings. The molecule has 1 unspecified atom stereocenters. The van der Waals surface area contributed by atoms with Crippen molar-refractivity contribution in [3.8, 4) is 0 Å². The molecular weight excluding hydrogens is 304 g/mol. The van der Waals surface area contributed by atoms with Crippen LogP contribution < -0.4 is 16.4 Å². The van der Waals surface area contributed by atoms with Crippen LogP contribution in [0.15, 0.2) is 24.3 Å². The molecule has 1 atom stereocenters. The van der Waals surface area contributed by atoms with Crippen molar-refractivity contribution in [1.82, 2.24) is 10.2 Å². The van der Waals surface area contributed by atoms with Crippen molar-refractivity contribution in [3.63, 3.8) is 0 Å². The maximum Gasteiger partial charge on any atom is 0.243 e. The summed E-state index contributed by atoms with van der Waals surface area (Å²) < 4.78 is 0. The molecule has 6 nitrogen and oxygen atoms in total. The Morgan fingerprint density at radius 2 is 2.04 bits per heavy atom. The Kier molecular flexibility index (Phi) is 6.34.